The van der Waals surface area contributed by atoms with Crippen LogP contribution in [0, 0.1) is 0 Å². The number of ketones is 1. The van der Waals surface area contributed by atoms with E-state index in [-0.39, 0.29) is 18.2 Å². The lowest BCUT2D eigenvalue weighted by molar-refractivity contribution is -0.139. The second kappa shape index (κ2) is 7.23. The molecule has 136 valence electrons. The number of aromatic amines is 1. The number of H-pyrrole nitrogens is 1. The number of hydrogen-bond acceptors (Lipinski definition) is 4. The first kappa shape index (κ1) is 16.7. The predicted molar refractivity (Wildman–Crippen MR) is 98.6 cm³/mol. The molecule has 2 aliphatic heterocycles. The highest BCUT2D eigenvalue weighted by atomic mass is 16.5. The van der Waals surface area contributed by atoms with Crippen molar-refractivity contribution in [1.82, 2.24) is 9.88 Å². The molecule has 0 spiro atoms. The minimum absolute atomic E-state index is 0.00382. The first-order chi connectivity index (χ1) is 12.7. The molecule has 1 amide bonds. The van der Waals surface area contributed by atoms with E-state index >= 15 is 0 Å². The lowest BCUT2D eigenvalue weighted by atomic mass is 10.1. The van der Waals surface area contributed by atoms with Crippen LogP contribution in [0.5, 0.6) is 5.75 Å². The first-order valence-corrected chi connectivity index (χ1v) is 9.18. The van der Waals surface area contributed by atoms with E-state index in [0.29, 0.717) is 18.0 Å². The van der Waals surface area contributed by atoms with Gasteiger partial charge in [-0.25, -0.2) is 0 Å². The molecule has 26 heavy (non-hydrogen) atoms. The zero-order chi connectivity index (χ0) is 17.9. The number of Topliss-reactive ketones (excluding diaryl/α,β-unsaturated/α-hetero) is 1. The number of carbonyl (C=O) groups is 2. The lowest BCUT2D eigenvalue weighted by Gasteiger charge is -2.38. The van der Waals surface area contributed by atoms with Crippen LogP contribution in [0.4, 0.5) is 5.69 Å². The number of amides is 1. The summed E-state index contributed by atoms with van der Waals surface area (Å²) in [6.45, 7) is 2.19. The zero-order valence-electron chi connectivity index (χ0n) is 14.7. The number of aromatic nitrogens is 1. The molecule has 3 heterocycles. The fraction of sp³-hybridized carbons (Fsp3) is 0.400. The van der Waals surface area contributed by atoms with E-state index in [9.17, 15) is 9.59 Å². The number of nitrogens with zero attached hydrogens (tertiary/aromatic N) is 2. The van der Waals surface area contributed by atoms with Gasteiger partial charge >= 0.3 is 0 Å². The molecule has 1 saturated heterocycles. The molecule has 2 aliphatic rings. The van der Waals surface area contributed by atoms with Crippen molar-refractivity contribution in [3.8, 4) is 5.75 Å². The highest BCUT2D eigenvalue weighted by Gasteiger charge is 2.34. The molecule has 6 nitrogen and oxygen atoms in total. The second-order valence-corrected chi connectivity index (χ2v) is 6.85. The van der Waals surface area contributed by atoms with Crippen molar-refractivity contribution in [2.24, 2.45) is 0 Å². The van der Waals surface area contributed by atoms with Gasteiger partial charge in [0.1, 0.15) is 5.75 Å². The molecule has 6 heteroatoms. The summed E-state index contributed by atoms with van der Waals surface area (Å²) in [5.41, 5.74) is 1.43. The molecule has 1 unspecified atom stereocenters. The van der Waals surface area contributed by atoms with Crippen LogP contribution in [0.25, 0.3) is 0 Å². The molecule has 2 aromatic rings. The lowest BCUT2D eigenvalue weighted by Crippen LogP contribution is -2.52. The summed E-state index contributed by atoms with van der Waals surface area (Å²) in [6, 6.07) is 11.2. The minimum atomic E-state index is -0.570. The standard InChI is InChI=1S/C20H23N3O3/c24-17(15-7-6-10-21-15)13-23-14-19(20(25)22-11-4-1-5-12-22)26-18-9-3-2-8-16(18)23/h2-3,6-10,19,21H,1,4-5,11-14H2. The number of likely N-dealkylation sites (tertiary alicyclic amines) is 1. The zero-order valence-corrected chi connectivity index (χ0v) is 14.7. The Kier molecular flexibility index (Phi) is 4.65. The molecular weight excluding hydrogens is 330 g/mol. The van der Waals surface area contributed by atoms with Gasteiger partial charge in [-0.2, -0.15) is 0 Å². The molecule has 0 saturated carbocycles. The number of anilines is 1. The van der Waals surface area contributed by atoms with Crippen LogP contribution in [0.1, 0.15) is 29.8 Å². The largest absolute Gasteiger partial charge is 0.477 e. The summed E-state index contributed by atoms with van der Waals surface area (Å²) in [5, 5.41) is 0. The Morgan fingerprint density at radius 1 is 1.08 bits per heavy atom. The molecule has 4 rings (SSSR count). The van der Waals surface area contributed by atoms with Crippen LogP contribution in [0.2, 0.25) is 0 Å². The predicted octanol–water partition coefficient (Wildman–Crippen LogP) is 2.48. The van der Waals surface area contributed by atoms with Gasteiger partial charge in [-0.3, -0.25) is 9.59 Å². The normalized spacial score (nSPS) is 19.6. The Labute approximate surface area is 152 Å². The van der Waals surface area contributed by atoms with Crippen molar-refractivity contribution in [2.75, 3.05) is 31.1 Å². The van der Waals surface area contributed by atoms with Crippen molar-refractivity contribution in [1.29, 1.82) is 0 Å². The van der Waals surface area contributed by atoms with Gasteiger partial charge in [0.2, 0.25) is 0 Å². The van der Waals surface area contributed by atoms with Crippen molar-refractivity contribution in [2.45, 2.75) is 25.4 Å². The van der Waals surface area contributed by atoms with E-state index in [0.717, 1.165) is 31.6 Å². The maximum absolute atomic E-state index is 12.9. The maximum atomic E-state index is 12.9. The maximum Gasteiger partial charge on any atom is 0.265 e. The average Bonchev–Trinajstić information content (AvgIpc) is 3.23. The summed E-state index contributed by atoms with van der Waals surface area (Å²) in [7, 11) is 0. The summed E-state index contributed by atoms with van der Waals surface area (Å²) in [4.78, 5) is 32.3. The number of ether oxygens (including phenoxy) is 1. The van der Waals surface area contributed by atoms with Crippen molar-refractivity contribution in [3.05, 3.63) is 48.3 Å². The third-order valence-corrected chi connectivity index (χ3v) is 5.04. The smallest absolute Gasteiger partial charge is 0.265 e. The van der Waals surface area contributed by atoms with Gasteiger partial charge in [-0.05, 0) is 43.5 Å². The number of rotatable bonds is 4. The highest BCUT2D eigenvalue weighted by molar-refractivity contribution is 5.98. The van der Waals surface area contributed by atoms with Crippen LogP contribution in [0.15, 0.2) is 42.6 Å². The fourth-order valence-electron chi connectivity index (χ4n) is 3.67. The van der Waals surface area contributed by atoms with Crippen LogP contribution >= 0.6 is 0 Å². The van der Waals surface area contributed by atoms with Crippen LogP contribution in [0.3, 0.4) is 0 Å². The van der Waals surface area contributed by atoms with E-state index in [1.54, 1.807) is 12.3 Å². The molecule has 1 atom stereocenters. The Morgan fingerprint density at radius 3 is 2.65 bits per heavy atom. The Hall–Kier alpha value is -2.76. The Bertz CT molecular complexity index is 781. The van der Waals surface area contributed by atoms with E-state index in [1.165, 1.54) is 6.42 Å². The van der Waals surface area contributed by atoms with Crippen molar-refractivity contribution >= 4 is 17.4 Å². The Balaban J connectivity index is 1.54. The summed E-state index contributed by atoms with van der Waals surface area (Å²) in [5.74, 6) is 0.681. The molecule has 0 radical (unpaired) electrons. The summed E-state index contributed by atoms with van der Waals surface area (Å²) >= 11 is 0. The van der Waals surface area contributed by atoms with Gasteiger partial charge in [0, 0.05) is 19.3 Å². The third kappa shape index (κ3) is 3.31. The molecule has 1 fully saturated rings. The van der Waals surface area contributed by atoms with E-state index in [1.807, 2.05) is 40.1 Å². The Morgan fingerprint density at radius 2 is 1.88 bits per heavy atom. The van der Waals surface area contributed by atoms with Gasteiger partial charge in [0.05, 0.1) is 24.5 Å². The number of benzene rings is 1. The number of fused-ring (bicyclic) bond motifs is 1. The number of carbonyl (C=O) groups excluding carboxylic acids is 2. The molecular formula is C20H23N3O3. The number of nitrogens with one attached hydrogen (secondary N) is 1. The van der Waals surface area contributed by atoms with E-state index in [4.69, 9.17) is 4.74 Å². The third-order valence-electron chi connectivity index (χ3n) is 5.04. The number of para-hydroxylation sites is 2. The molecule has 0 aliphatic carbocycles. The molecule has 1 N–H and O–H groups in total. The van der Waals surface area contributed by atoms with Gasteiger partial charge in [0.15, 0.2) is 11.9 Å². The highest BCUT2D eigenvalue weighted by Crippen LogP contribution is 2.33. The summed E-state index contributed by atoms with van der Waals surface area (Å²) < 4.78 is 6.00. The second-order valence-electron chi connectivity index (χ2n) is 6.85. The van der Waals surface area contributed by atoms with Crippen molar-refractivity contribution < 1.29 is 14.3 Å². The van der Waals surface area contributed by atoms with Crippen LogP contribution in [-0.4, -0.2) is 53.9 Å². The topological polar surface area (TPSA) is 65.6 Å². The van der Waals surface area contributed by atoms with E-state index in [2.05, 4.69) is 4.98 Å². The van der Waals surface area contributed by atoms with Gasteiger partial charge in [-0.15, -0.1) is 0 Å². The molecule has 0 bridgehead atoms. The number of piperidine rings is 1. The van der Waals surface area contributed by atoms with Crippen LogP contribution in [-0.2, 0) is 4.79 Å². The SMILES string of the molecule is O=C(CN1CC(C(=O)N2CCCCC2)Oc2ccccc21)c1ccc[nH]1. The minimum Gasteiger partial charge on any atom is -0.477 e. The molecule has 1 aromatic carbocycles. The van der Waals surface area contributed by atoms with Gasteiger partial charge in [0.25, 0.3) is 5.91 Å². The summed E-state index contributed by atoms with van der Waals surface area (Å²) in [6.07, 6.45) is 4.44. The van der Waals surface area contributed by atoms with Crippen LogP contribution < -0.4 is 9.64 Å². The van der Waals surface area contributed by atoms with Gasteiger partial charge < -0.3 is 19.5 Å². The van der Waals surface area contributed by atoms with Gasteiger partial charge in [-0.1, -0.05) is 12.1 Å². The van der Waals surface area contributed by atoms with Crippen molar-refractivity contribution in [3.63, 3.8) is 0 Å². The number of hydrogen-bond donors (Lipinski definition) is 1. The quantitative estimate of drug-likeness (QED) is 0.858. The fourth-order valence-corrected chi connectivity index (χ4v) is 3.67. The van der Waals surface area contributed by atoms with E-state index < -0.39 is 6.10 Å². The first-order valence-electron chi connectivity index (χ1n) is 9.18. The molecule has 1 aromatic heterocycles. The average molecular weight is 353 g/mol. The monoisotopic (exact) mass is 353 g/mol.